The van der Waals surface area contributed by atoms with Crippen molar-refractivity contribution in [1.82, 2.24) is 4.98 Å². The average Bonchev–Trinajstić information content (AvgIpc) is 2.54. The molecule has 2 rings (SSSR count). The summed E-state index contributed by atoms with van der Waals surface area (Å²) in [6, 6.07) is 6.80. The van der Waals surface area contributed by atoms with Gasteiger partial charge in [-0.15, -0.1) is 0 Å². The van der Waals surface area contributed by atoms with Gasteiger partial charge < -0.3 is 15.0 Å². The van der Waals surface area contributed by atoms with Crippen LogP contribution < -0.4 is 15.0 Å². The van der Waals surface area contributed by atoms with Gasteiger partial charge >= 0.3 is 6.18 Å². The number of alkyl halides is 3. The molecule has 0 radical (unpaired) electrons. The molecule has 2 aromatic rings. The number of aromatic nitrogens is 1. The molecule has 1 N–H and O–H groups in total. The summed E-state index contributed by atoms with van der Waals surface area (Å²) in [5.74, 6) is -0.632. The van der Waals surface area contributed by atoms with E-state index in [1.165, 1.54) is 18.2 Å². The molecule has 1 aromatic heterocycles. The van der Waals surface area contributed by atoms with E-state index in [4.69, 9.17) is 4.74 Å². The summed E-state index contributed by atoms with van der Waals surface area (Å²) in [6.45, 7) is 3.74. The minimum absolute atomic E-state index is 0.0715. The number of ether oxygens (including phenoxy) is 1. The van der Waals surface area contributed by atoms with Gasteiger partial charge in [-0.05, 0) is 44.2 Å². The lowest BCUT2D eigenvalue weighted by molar-refractivity contribution is -0.136. The number of carbonyl (C=O) groups excluding carboxylic acids is 1. The van der Waals surface area contributed by atoms with Gasteiger partial charge in [-0.25, -0.2) is 4.98 Å². The number of pyridine rings is 1. The van der Waals surface area contributed by atoms with Gasteiger partial charge in [0, 0.05) is 25.5 Å². The first-order chi connectivity index (χ1) is 12.1. The van der Waals surface area contributed by atoms with Crippen molar-refractivity contribution in [1.29, 1.82) is 0 Å². The fraction of sp³-hybridized carbons (Fsp3) is 0.333. The Morgan fingerprint density at radius 1 is 1.23 bits per heavy atom. The lowest BCUT2D eigenvalue weighted by Gasteiger charge is -2.19. The van der Waals surface area contributed by atoms with E-state index in [9.17, 15) is 18.0 Å². The van der Waals surface area contributed by atoms with Gasteiger partial charge in [0.25, 0.3) is 5.91 Å². The number of hydrogen-bond donors (Lipinski definition) is 1. The van der Waals surface area contributed by atoms with Gasteiger partial charge in [-0.1, -0.05) is 0 Å². The Morgan fingerprint density at radius 3 is 2.50 bits per heavy atom. The van der Waals surface area contributed by atoms with Gasteiger partial charge in [0.1, 0.15) is 5.56 Å². The van der Waals surface area contributed by atoms with E-state index in [-0.39, 0.29) is 23.7 Å². The molecule has 0 bridgehead atoms. The third kappa shape index (κ3) is 4.44. The van der Waals surface area contributed by atoms with Crippen LogP contribution in [0.15, 0.2) is 30.3 Å². The van der Waals surface area contributed by atoms with E-state index in [1.54, 1.807) is 38.9 Å². The van der Waals surface area contributed by atoms with Crippen molar-refractivity contribution in [2.24, 2.45) is 0 Å². The number of amides is 1. The molecule has 0 fully saturated rings. The second kappa shape index (κ2) is 7.63. The Balaban J connectivity index is 2.41. The average molecular weight is 367 g/mol. The molecule has 1 heterocycles. The number of rotatable bonds is 5. The molecule has 140 valence electrons. The molecule has 0 unspecified atom stereocenters. The highest BCUT2D eigenvalue weighted by Crippen LogP contribution is 2.37. The number of halogens is 3. The van der Waals surface area contributed by atoms with E-state index in [1.807, 2.05) is 0 Å². The van der Waals surface area contributed by atoms with Crippen LogP contribution in [0.2, 0.25) is 0 Å². The molecule has 8 heteroatoms. The van der Waals surface area contributed by atoms with Crippen molar-refractivity contribution >= 4 is 17.3 Å². The topological polar surface area (TPSA) is 54.5 Å². The quantitative estimate of drug-likeness (QED) is 0.864. The molecule has 0 saturated carbocycles. The fourth-order valence-corrected chi connectivity index (χ4v) is 2.30. The highest BCUT2D eigenvalue weighted by atomic mass is 19.4. The maximum absolute atomic E-state index is 13.4. The van der Waals surface area contributed by atoms with Crippen molar-refractivity contribution in [3.63, 3.8) is 0 Å². The normalized spacial score (nSPS) is 11.2. The number of anilines is 2. The van der Waals surface area contributed by atoms with Gasteiger partial charge in [0.05, 0.1) is 17.9 Å². The third-order valence-electron chi connectivity index (χ3n) is 3.60. The van der Waals surface area contributed by atoms with Crippen LogP contribution in [-0.4, -0.2) is 31.6 Å². The van der Waals surface area contributed by atoms with Crippen molar-refractivity contribution in [3.05, 3.63) is 47.2 Å². The molecule has 0 saturated heterocycles. The van der Waals surface area contributed by atoms with Crippen LogP contribution in [0, 0.1) is 6.92 Å². The molecular weight excluding hydrogens is 347 g/mol. The van der Waals surface area contributed by atoms with E-state index < -0.39 is 17.6 Å². The van der Waals surface area contributed by atoms with E-state index >= 15 is 0 Å². The van der Waals surface area contributed by atoms with Crippen LogP contribution >= 0.6 is 0 Å². The van der Waals surface area contributed by atoms with Crippen LogP contribution in [0.3, 0.4) is 0 Å². The standard InChI is InChI=1S/C18H20F3N3O2/c1-5-26-17-13(8-6-11(2)22-17)16(25)23-15-9-7-12(24(3)4)10-14(15)18(19,20)21/h6-10H,5H2,1-4H3,(H,23,25). The molecule has 5 nitrogen and oxygen atoms in total. The lowest BCUT2D eigenvalue weighted by Crippen LogP contribution is -2.19. The Kier molecular flexibility index (Phi) is 5.74. The Hall–Kier alpha value is -2.77. The van der Waals surface area contributed by atoms with Crippen molar-refractivity contribution in [2.45, 2.75) is 20.0 Å². The fourth-order valence-electron chi connectivity index (χ4n) is 2.30. The Morgan fingerprint density at radius 2 is 1.92 bits per heavy atom. The van der Waals surface area contributed by atoms with Gasteiger partial charge in [-0.2, -0.15) is 13.2 Å². The monoisotopic (exact) mass is 367 g/mol. The minimum atomic E-state index is -4.61. The Labute approximate surface area is 149 Å². The molecular formula is C18H20F3N3O2. The van der Waals surface area contributed by atoms with Gasteiger partial charge in [0.15, 0.2) is 0 Å². The molecule has 0 atom stereocenters. The van der Waals surface area contributed by atoms with E-state index in [0.717, 1.165) is 6.07 Å². The van der Waals surface area contributed by atoms with E-state index in [2.05, 4.69) is 10.3 Å². The maximum atomic E-state index is 13.4. The highest BCUT2D eigenvalue weighted by molar-refractivity contribution is 6.06. The van der Waals surface area contributed by atoms with Crippen molar-refractivity contribution in [3.8, 4) is 5.88 Å². The second-order valence-corrected chi connectivity index (χ2v) is 5.81. The first-order valence-electron chi connectivity index (χ1n) is 7.93. The predicted molar refractivity (Wildman–Crippen MR) is 93.9 cm³/mol. The molecule has 0 aliphatic heterocycles. The zero-order valence-corrected chi connectivity index (χ0v) is 14.9. The Bertz CT molecular complexity index is 805. The van der Waals surface area contributed by atoms with Crippen LogP contribution in [0.4, 0.5) is 24.5 Å². The van der Waals surface area contributed by atoms with Crippen LogP contribution in [0.25, 0.3) is 0 Å². The van der Waals surface area contributed by atoms with Crippen LogP contribution in [0.1, 0.15) is 28.5 Å². The number of carbonyl (C=O) groups is 1. The molecule has 0 aliphatic rings. The van der Waals surface area contributed by atoms with E-state index in [0.29, 0.717) is 11.4 Å². The number of nitrogens with one attached hydrogen (secondary N) is 1. The number of aryl methyl sites for hydroxylation is 1. The first-order valence-corrected chi connectivity index (χ1v) is 7.93. The lowest BCUT2D eigenvalue weighted by atomic mass is 10.1. The van der Waals surface area contributed by atoms with Crippen molar-refractivity contribution < 1.29 is 22.7 Å². The van der Waals surface area contributed by atoms with Gasteiger partial charge in [-0.3, -0.25) is 4.79 Å². The maximum Gasteiger partial charge on any atom is 0.418 e. The molecule has 1 amide bonds. The summed E-state index contributed by atoms with van der Waals surface area (Å²) in [7, 11) is 3.28. The largest absolute Gasteiger partial charge is 0.477 e. The predicted octanol–water partition coefficient (Wildman–Crippen LogP) is 4.13. The summed E-state index contributed by atoms with van der Waals surface area (Å²) < 4.78 is 45.5. The van der Waals surface area contributed by atoms with Crippen molar-refractivity contribution in [2.75, 3.05) is 30.9 Å². The smallest absolute Gasteiger partial charge is 0.418 e. The molecule has 0 aliphatic carbocycles. The molecule has 0 spiro atoms. The number of hydrogen-bond acceptors (Lipinski definition) is 4. The SMILES string of the molecule is CCOc1nc(C)ccc1C(=O)Nc1ccc(N(C)C)cc1C(F)(F)F. The zero-order valence-electron chi connectivity index (χ0n) is 14.9. The third-order valence-corrected chi connectivity index (χ3v) is 3.60. The minimum Gasteiger partial charge on any atom is -0.477 e. The summed E-state index contributed by atoms with van der Waals surface area (Å²) in [4.78, 5) is 18.2. The zero-order chi connectivity index (χ0) is 19.5. The summed E-state index contributed by atoms with van der Waals surface area (Å²) in [6.07, 6.45) is -4.61. The summed E-state index contributed by atoms with van der Waals surface area (Å²) in [5, 5.41) is 2.32. The highest BCUT2D eigenvalue weighted by Gasteiger charge is 2.34. The van der Waals surface area contributed by atoms with Crippen LogP contribution in [0.5, 0.6) is 5.88 Å². The second-order valence-electron chi connectivity index (χ2n) is 5.81. The number of benzene rings is 1. The summed E-state index contributed by atoms with van der Waals surface area (Å²) in [5.41, 5.74) is -0.160. The molecule has 1 aromatic carbocycles. The van der Waals surface area contributed by atoms with Crippen LogP contribution in [-0.2, 0) is 6.18 Å². The first kappa shape index (κ1) is 19.6. The summed E-state index contributed by atoms with van der Waals surface area (Å²) >= 11 is 0. The van der Waals surface area contributed by atoms with Gasteiger partial charge in [0.2, 0.25) is 5.88 Å². The molecule has 26 heavy (non-hydrogen) atoms. The number of nitrogens with zero attached hydrogens (tertiary/aromatic N) is 2.